The van der Waals surface area contributed by atoms with Crippen molar-refractivity contribution in [2.75, 3.05) is 11.9 Å². The molecule has 0 fully saturated rings. The van der Waals surface area contributed by atoms with Gasteiger partial charge in [0.05, 0.1) is 5.69 Å². The van der Waals surface area contributed by atoms with Gasteiger partial charge in [0.2, 0.25) is 10.0 Å². The third-order valence-corrected chi connectivity index (χ3v) is 7.52. The van der Waals surface area contributed by atoms with Gasteiger partial charge in [-0.15, -0.1) is 0 Å². The van der Waals surface area contributed by atoms with Crippen molar-refractivity contribution in [3.63, 3.8) is 0 Å². The Kier molecular flexibility index (Phi) is 5.72. The minimum absolute atomic E-state index is 0.0506. The largest absolute Gasteiger partial charge is 0.478 e. The van der Waals surface area contributed by atoms with Crippen LogP contribution < -0.4 is 14.4 Å². The van der Waals surface area contributed by atoms with Crippen molar-refractivity contribution in [3.05, 3.63) is 39.4 Å². The maximum atomic E-state index is 12.9. The molecule has 2 aliphatic rings. The zero-order chi connectivity index (χ0) is 19.9. The summed E-state index contributed by atoms with van der Waals surface area (Å²) in [6, 6.07) is 2.60. The Bertz CT molecular complexity index is 958. The molecule has 1 aromatic rings. The number of allylic oxidation sites excluding steroid dienone is 2. The fourth-order valence-corrected chi connectivity index (χ4v) is 5.46. The fourth-order valence-electron chi connectivity index (χ4n) is 3.00. The molecule has 1 aliphatic carbocycles. The van der Waals surface area contributed by atoms with Gasteiger partial charge in [0.25, 0.3) is 5.91 Å². The lowest BCUT2D eigenvalue weighted by molar-refractivity contribution is -0.126. The number of benzene rings is 1. The van der Waals surface area contributed by atoms with E-state index in [-0.39, 0.29) is 10.8 Å². The van der Waals surface area contributed by atoms with E-state index in [1.807, 2.05) is 13.8 Å². The smallest absolute Gasteiger partial charge is 0.267 e. The van der Waals surface area contributed by atoms with Gasteiger partial charge in [-0.3, -0.25) is 4.79 Å². The summed E-state index contributed by atoms with van der Waals surface area (Å²) in [5, 5.41) is 0.629. The van der Waals surface area contributed by atoms with E-state index in [9.17, 15) is 13.2 Å². The molecule has 1 amide bonds. The highest BCUT2D eigenvalue weighted by molar-refractivity contribution is 9.10. The van der Waals surface area contributed by atoms with Crippen molar-refractivity contribution in [1.29, 1.82) is 0 Å². The van der Waals surface area contributed by atoms with Gasteiger partial charge in [-0.05, 0) is 40.9 Å². The number of rotatable bonds is 4. The van der Waals surface area contributed by atoms with Crippen LogP contribution in [0.2, 0.25) is 0 Å². The van der Waals surface area contributed by atoms with Crippen molar-refractivity contribution < 1.29 is 17.9 Å². The van der Waals surface area contributed by atoms with E-state index in [2.05, 4.69) is 20.7 Å². The lowest BCUT2D eigenvalue weighted by Crippen LogP contribution is -2.43. The van der Waals surface area contributed by atoms with Crippen LogP contribution >= 0.6 is 27.5 Å². The molecule has 2 atom stereocenters. The Morgan fingerprint density at radius 1 is 1.41 bits per heavy atom. The predicted octanol–water partition coefficient (Wildman–Crippen LogP) is 3.70. The van der Waals surface area contributed by atoms with Crippen LogP contribution in [0.3, 0.4) is 0 Å². The molecule has 2 unspecified atom stereocenters. The number of hydrogen-bond donors (Lipinski definition) is 1. The molecular weight excluding hydrogens is 456 g/mol. The first-order valence-electron chi connectivity index (χ1n) is 8.47. The second-order valence-electron chi connectivity index (χ2n) is 6.54. The predicted molar refractivity (Wildman–Crippen MR) is 109 cm³/mol. The van der Waals surface area contributed by atoms with Crippen LogP contribution in [0.1, 0.15) is 26.7 Å². The van der Waals surface area contributed by atoms with Gasteiger partial charge in [0.15, 0.2) is 6.10 Å². The minimum Gasteiger partial charge on any atom is -0.478 e. The summed E-state index contributed by atoms with van der Waals surface area (Å²) in [5.41, 5.74) is 1.45. The van der Waals surface area contributed by atoms with Crippen LogP contribution in [0, 0.1) is 0 Å². The number of likely N-dealkylation sites (N-methyl/N-ethyl adjacent to an activating group) is 1. The first-order chi connectivity index (χ1) is 12.6. The van der Waals surface area contributed by atoms with Crippen molar-refractivity contribution in [2.45, 2.75) is 43.7 Å². The zero-order valence-corrected chi connectivity index (χ0v) is 18.3. The Labute approximate surface area is 172 Å². The second kappa shape index (κ2) is 7.58. The Morgan fingerprint density at radius 3 is 2.74 bits per heavy atom. The van der Waals surface area contributed by atoms with E-state index in [1.165, 1.54) is 11.0 Å². The molecule has 1 heterocycles. The Balaban J connectivity index is 1.93. The van der Waals surface area contributed by atoms with Gasteiger partial charge in [-0.25, -0.2) is 13.1 Å². The first-order valence-corrected chi connectivity index (χ1v) is 11.1. The molecule has 0 aromatic heterocycles. The van der Waals surface area contributed by atoms with E-state index in [4.69, 9.17) is 16.3 Å². The standard InChI is InChI=1S/C18H20BrClN2O4S/c1-4-15-18(23)22(3)14-8-12(19)17(9-16(14)26-15)27(24,25)21-11-6-5-10(2)13(20)7-11/h5-6,8-9,11,15,21H,4,7H2,1-3H3. The summed E-state index contributed by atoms with van der Waals surface area (Å²) in [4.78, 5) is 13.8. The van der Waals surface area contributed by atoms with Crippen molar-refractivity contribution in [2.24, 2.45) is 0 Å². The highest BCUT2D eigenvalue weighted by Gasteiger charge is 2.33. The molecule has 3 rings (SSSR count). The number of carbonyl (C=O) groups excluding carboxylic acids is 1. The summed E-state index contributed by atoms with van der Waals surface area (Å²) in [5.74, 6) is 0.204. The molecule has 0 saturated heterocycles. The molecule has 6 nitrogen and oxygen atoms in total. The topological polar surface area (TPSA) is 75.7 Å². The highest BCUT2D eigenvalue weighted by Crippen LogP contribution is 2.40. The van der Waals surface area contributed by atoms with Crippen LogP contribution in [-0.4, -0.2) is 33.5 Å². The Morgan fingerprint density at radius 2 is 2.11 bits per heavy atom. The average molecular weight is 476 g/mol. The van der Waals surface area contributed by atoms with Gasteiger partial charge in [-0.2, -0.15) is 0 Å². The van der Waals surface area contributed by atoms with Crippen LogP contribution in [-0.2, 0) is 14.8 Å². The molecule has 0 saturated carbocycles. The van der Waals surface area contributed by atoms with Crippen molar-refractivity contribution in [1.82, 2.24) is 4.72 Å². The average Bonchev–Trinajstić information content (AvgIpc) is 2.61. The number of nitrogens with one attached hydrogen (secondary N) is 1. The molecular formula is C18H20BrClN2O4S. The van der Waals surface area contributed by atoms with Gasteiger partial charge in [-0.1, -0.05) is 30.7 Å². The number of amides is 1. The summed E-state index contributed by atoms with van der Waals surface area (Å²) in [7, 11) is -2.19. The van der Waals surface area contributed by atoms with Crippen LogP contribution in [0.5, 0.6) is 5.75 Å². The zero-order valence-electron chi connectivity index (χ0n) is 15.1. The normalized spacial score (nSPS) is 22.7. The number of halogens is 2. The second-order valence-corrected chi connectivity index (χ2v) is 9.53. The molecule has 0 bridgehead atoms. The van der Waals surface area contributed by atoms with Crippen molar-refractivity contribution >= 4 is 49.1 Å². The summed E-state index contributed by atoms with van der Waals surface area (Å²) >= 11 is 9.46. The molecule has 0 radical (unpaired) electrons. The number of nitrogens with zero attached hydrogens (tertiary/aromatic N) is 1. The molecule has 27 heavy (non-hydrogen) atoms. The minimum atomic E-state index is -3.83. The van der Waals surface area contributed by atoms with Gasteiger partial charge >= 0.3 is 0 Å². The van der Waals surface area contributed by atoms with Gasteiger partial charge < -0.3 is 9.64 Å². The number of hydrogen-bond acceptors (Lipinski definition) is 4. The summed E-state index contributed by atoms with van der Waals surface area (Å²) in [6.45, 7) is 3.72. The molecule has 0 spiro atoms. The van der Waals surface area contributed by atoms with Crippen LogP contribution in [0.25, 0.3) is 0 Å². The number of carbonyl (C=O) groups is 1. The number of fused-ring (bicyclic) bond motifs is 1. The molecule has 146 valence electrons. The molecule has 1 aromatic carbocycles. The summed E-state index contributed by atoms with van der Waals surface area (Å²) < 4.78 is 34.6. The summed E-state index contributed by atoms with van der Waals surface area (Å²) in [6.07, 6.45) is 3.85. The van der Waals surface area contributed by atoms with Crippen LogP contribution in [0.4, 0.5) is 5.69 Å². The van der Waals surface area contributed by atoms with Gasteiger partial charge in [0, 0.05) is 35.1 Å². The molecule has 9 heteroatoms. The van der Waals surface area contributed by atoms with E-state index < -0.39 is 22.2 Å². The quantitative estimate of drug-likeness (QED) is 0.720. The number of ether oxygens (including phenoxy) is 1. The van der Waals surface area contributed by atoms with E-state index >= 15 is 0 Å². The maximum absolute atomic E-state index is 12.9. The Hall–Kier alpha value is -1.35. The van der Waals surface area contributed by atoms with E-state index in [0.29, 0.717) is 33.8 Å². The van der Waals surface area contributed by atoms with E-state index in [1.54, 1.807) is 25.3 Å². The van der Waals surface area contributed by atoms with E-state index in [0.717, 1.165) is 5.57 Å². The lowest BCUT2D eigenvalue weighted by Gasteiger charge is -2.32. The number of anilines is 1. The molecule has 1 aliphatic heterocycles. The number of sulfonamides is 1. The highest BCUT2D eigenvalue weighted by atomic mass is 79.9. The third-order valence-electron chi connectivity index (χ3n) is 4.62. The SMILES string of the molecule is CCC1Oc2cc(S(=O)(=O)NC3C=CC(C)=C(Cl)C3)c(Br)cc2N(C)C1=O. The van der Waals surface area contributed by atoms with Gasteiger partial charge in [0.1, 0.15) is 10.6 Å². The maximum Gasteiger partial charge on any atom is 0.267 e. The monoisotopic (exact) mass is 474 g/mol. The molecule has 1 N–H and O–H groups in total. The van der Waals surface area contributed by atoms with Crippen molar-refractivity contribution in [3.8, 4) is 5.75 Å². The third kappa shape index (κ3) is 3.94. The lowest BCUT2D eigenvalue weighted by atomic mass is 10.1. The van der Waals surface area contributed by atoms with Crippen LogP contribution in [0.15, 0.2) is 44.3 Å². The fraction of sp³-hybridized carbons (Fsp3) is 0.389. The first kappa shape index (κ1) is 20.4.